The molecule has 0 unspecified atom stereocenters. The van der Waals surface area contributed by atoms with E-state index in [1.165, 1.54) is 11.1 Å². The minimum atomic E-state index is -0.306. The lowest BCUT2D eigenvalue weighted by atomic mass is 10.0. The fourth-order valence-corrected chi connectivity index (χ4v) is 3.23. The van der Waals surface area contributed by atoms with Crippen molar-refractivity contribution >= 4 is 29.1 Å². The van der Waals surface area contributed by atoms with Gasteiger partial charge in [-0.05, 0) is 35.7 Å². The lowest BCUT2D eigenvalue weighted by molar-refractivity contribution is 0.102. The molecule has 1 N–H and O–H groups in total. The van der Waals surface area contributed by atoms with Crippen LogP contribution in [0.2, 0.25) is 5.02 Å². The summed E-state index contributed by atoms with van der Waals surface area (Å²) in [5.74, 6) is 0.255. The smallest absolute Gasteiger partial charge is 0.274 e. The van der Waals surface area contributed by atoms with Gasteiger partial charge in [0.25, 0.3) is 5.91 Å². The number of benzene rings is 2. The zero-order chi connectivity index (χ0) is 17.9. The Kier molecular flexibility index (Phi) is 4.54. The van der Waals surface area contributed by atoms with Gasteiger partial charge < -0.3 is 10.2 Å². The van der Waals surface area contributed by atoms with Gasteiger partial charge in [-0.25, -0.2) is 9.97 Å². The van der Waals surface area contributed by atoms with Crippen LogP contribution in [0.4, 0.5) is 11.6 Å². The number of hydrogen-bond acceptors (Lipinski definition) is 4. The first-order valence-corrected chi connectivity index (χ1v) is 8.79. The number of carbonyl (C=O) groups is 1. The van der Waals surface area contributed by atoms with Crippen LogP contribution in [0.25, 0.3) is 0 Å². The van der Waals surface area contributed by atoms with Crippen LogP contribution in [-0.4, -0.2) is 22.4 Å². The van der Waals surface area contributed by atoms with Crippen molar-refractivity contribution in [3.8, 4) is 0 Å². The normalized spacial score (nSPS) is 13.2. The third-order valence-electron chi connectivity index (χ3n) is 4.41. The lowest BCUT2D eigenvalue weighted by Gasteiger charge is -2.28. The Bertz CT molecular complexity index is 960. The first-order chi connectivity index (χ1) is 12.7. The Morgan fingerprint density at radius 3 is 2.65 bits per heavy atom. The predicted octanol–water partition coefficient (Wildman–Crippen LogP) is 3.95. The molecule has 0 spiro atoms. The number of aromatic nitrogens is 2. The number of fused-ring (bicyclic) bond motifs is 1. The number of para-hydroxylation sites is 1. The Hall–Kier alpha value is -2.92. The van der Waals surface area contributed by atoms with E-state index in [9.17, 15) is 4.79 Å². The van der Waals surface area contributed by atoms with Crippen molar-refractivity contribution in [3.63, 3.8) is 0 Å². The van der Waals surface area contributed by atoms with E-state index in [0.717, 1.165) is 19.5 Å². The molecule has 1 aliphatic heterocycles. The summed E-state index contributed by atoms with van der Waals surface area (Å²) in [6.45, 7) is 1.57. The monoisotopic (exact) mass is 364 g/mol. The number of halogens is 1. The molecule has 6 heteroatoms. The molecule has 130 valence electrons. The van der Waals surface area contributed by atoms with Crippen LogP contribution in [0.3, 0.4) is 0 Å². The highest BCUT2D eigenvalue weighted by molar-refractivity contribution is 6.33. The second-order valence-corrected chi connectivity index (χ2v) is 6.52. The minimum Gasteiger partial charge on any atom is -0.336 e. The second-order valence-electron chi connectivity index (χ2n) is 6.12. The molecule has 2 aromatic carbocycles. The average Bonchev–Trinajstić information content (AvgIpc) is 2.69. The van der Waals surface area contributed by atoms with Gasteiger partial charge >= 0.3 is 0 Å². The number of nitrogens with one attached hydrogen (secondary N) is 1. The van der Waals surface area contributed by atoms with Crippen molar-refractivity contribution in [1.29, 1.82) is 0 Å². The van der Waals surface area contributed by atoms with E-state index in [2.05, 4.69) is 38.4 Å². The van der Waals surface area contributed by atoms with Crippen LogP contribution in [0.5, 0.6) is 0 Å². The van der Waals surface area contributed by atoms with E-state index in [1.54, 1.807) is 24.4 Å². The van der Waals surface area contributed by atoms with Crippen molar-refractivity contribution in [2.24, 2.45) is 0 Å². The summed E-state index contributed by atoms with van der Waals surface area (Å²) in [4.78, 5) is 23.4. The second kappa shape index (κ2) is 7.14. The van der Waals surface area contributed by atoms with E-state index in [1.807, 2.05) is 18.2 Å². The summed E-state index contributed by atoms with van der Waals surface area (Å²) >= 11 is 6.10. The van der Waals surface area contributed by atoms with Crippen LogP contribution in [0.15, 0.2) is 60.8 Å². The summed E-state index contributed by atoms with van der Waals surface area (Å²) in [5.41, 5.74) is 3.50. The summed E-state index contributed by atoms with van der Waals surface area (Å²) < 4.78 is 0. The van der Waals surface area contributed by atoms with Crippen LogP contribution in [0.1, 0.15) is 21.6 Å². The van der Waals surface area contributed by atoms with Crippen molar-refractivity contribution in [2.45, 2.75) is 13.0 Å². The molecule has 1 aromatic heterocycles. The van der Waals surface area contributed by atoms with E-state index in [0.29, 0.717) is 22.4 Å². The standard InChI is InChI=1S/C20H17ClN4O/c21-16-7-3-4-8-17(16)23-19(26)18-9-11-22-20(24-18)25-12-10-14-5-1-2-6-15(14)13-25/h1-9,11H,10,12-13H2,(H,23,26). The maximum atomic E-state index is 12.5. The highest BCUT2D eigenvalue weighted by atomic mass is 35.5. The van der Waals surface area contributed by atoms with Gasteiger partial charge in [0, 0.05) is 19.3 Å². The van der Waals surface area contributed by atoms with Crippen molar-refractivity contribution in [2.75, 3.05) is 16.8 Å². The Balaban J connectivity index is 1.54. The van der Waals surface area contributed by atoms with Gasteiger partial charge in [0.1, 0.15) is 5.69 Å². The van der Waals surface area contributed by atoms with E-state index < -0.39 is 0 Å². The number of amides is 1. The molecule has 26 heavy (non-hydrogen) atoms. The predicted molar refractivity (Wildman–Crippen MR) is 103 cm³/mol. The molecule has 0 fully saturated rings. The molecule has 0 bridgehead atoms. The number of anilines is 2. The molecule has 0 saturated heterocycles. The summed E-state index contributed by atoms with van der Waals surface area (Å²) in [5, 5.41) is 3.28. The van der Waals surface area contributed by atoms with Gasteiger partial charge in [0.05, 0.1) is 10.7 Å². The maximum Gasteiger partial charge on any atom is 0.274 e. The lowest BCUT2D eigenvalue weighted by Crippen LogP contribution is -2.32. The molecule has 1 amide bonds. The number of nitrogens with zero attached hydrogens (tertiary/aromatic N) is 3. The molecule has 1 aliphatic rings. The van der Waals surface area contributed by atoms with Crippen molar-refractivity contribution in [1.82, 2.24) is 9.97 Å². The van der Waals surface area contributed by atoms with E-state index in [-0.39, 0.29) is 5.91 Å². The van der Waals surface area contributed by atoms with Gasteiger partial charge in [-0.3, -0.25) is 4.79 Å². The fraction of sp³-hybridized carbons (Fsp3) is 0.150. The Labute approximate surface area is 156 Å². The largest absolute Gasteiger partial charge is 0.336 e. The van der Waals surface area contributed by atoms with Gasteiger partial charge in [-0.15, -0.1) is 0 Å². The number of carbonyl (C=O) groups excluding carboxylic acids is 1. The third kappa shape index (κ3) is 3.39. The highest BCUT2D eigenvalue weighted by Gasteiger charge is 2.19. The molecule has 2 heterocycles. The summed E-state index contributed by atoms with van der Waals surface area (Å²) in [6.07, 6.45) is 2.56. The number of rotatable bonds is 3. The van der Waals surface area contributed by atoms with Crippen molar-refractivity contribution < 1.29 is 4.79 Å². The average molecular weight is 365 g/mol. The third-order valence-corrected chi connectivity index (χ3v) is 4.74. The zero-order valence-electron chi connectivity index (χ0n) is 14.0. The number of hydrogen-bond donors (Lipinski definition) is 1. The molecule has 0 atom stereocenters. The summed E-state index contributed by atoms with van der Waals surface area (Å²) in [7, 11) is 0. The first kappa shape index (κ1) is 16.5. The van der Waals surface area contributed by atoms with Crippen LogP contribution < -0.4 is 10.2 Å². The molecule has 5 nitrogen and oxygen atoms in total. The van der Waals surface area contributed by atoms with Crippen LogP contribution in [-0.2, 0) is 13.0 Å². The molecule has 0 saturated carbocycles. The molecule has 3 aromatic rings. The molecular formula is C20H17ClN4O. The highest BCUT2D eigenvalue weighted by Crippen LogP contribution is 2.23. The molecule has 0 aliphatic carbocycles. The van der Waals surface area contributed by atoms with Crippen LogP contribution in [0, 0.1) is 0 Å². The molecular weight excluding hydrogens is 348 g/mol. The maximum absolute atomic E-state index is 12.5. The quantitative estimate of drug-likeness (QED) is 0.764. The molecule has 4 rings (SSSR count). The summed E-state index contributed by atoms with van der Waals surface area (Å²) in [6, 6.07) is 17.1. The van der Waals surface area contributed by atoms with Crippen molar-refractivity contribution in [3.05, 3.63) is 82.6 Å². The zero-order valence-corrected chi connectivity index (χ0v) is 14.8. The van der Waals surface area contributed by atoms with E-state index in [4.69, 9.17) is 11.6 Å². The SMILES string of the molecule is O=C(Nc1ccccc1Cl)c1ccnc(N2CCc3ccccc3C2)n1. The first-order valence-electron chi connectivity index (χ1n) is 8.41. The Morgan fingerprint density at radius 1 is 1.04 bits per heavy atom. The van der Waals surface area contributed by atoms with E-state index >= 15 is 0 Å². The van der Waals surface area contributed by atoms with Gasteiger partial charge in [-0.2, -0.15) is 0 Å². The minimum absolute atomic E-state index is 0.306. The topological polar surface area (TPSA) is 58.1 Å². The van der Waals surface area contributed by atoms with Gasteiger partial charge in [0.15, 0.2) is 0 Å². The Morgan fingerprint density at radius 2 is 1.81 bits per heavy atom. The fourth-order valence-electron chi connectivity index (χ4n) is 3.04. The molecule has 0 radical (unpaired) electrons. The van der Waals surface area contributed by atoms with Gasteiger partial charge in [0.2, 0.25) is 5.95 Å². The van der Waals surface area contributed by atoms with Crippen LogP contribution >= 0.6 is 11.6 Å². The van der Waals surface area contributed by atoms with Gasteiger partial charge in [-0.1, -0.05) is 48.0 Å².